The second-order valence-electron chi connectivity index (χ2n) is 5.81. The highest BCUT2D eigenvalue weighted by atomic mass is 16.6. The maximum absolute atomic E-state index is 11.8. The number of hydrogen-bond acceptors (Lipinski definition) is 4. The standard InChI is InChI=1S/C16H19NO4/c1-16(2,3)21-15(19)17-13-8-7-10-5-6-11(9-12(10)13)14(18)20-4/h5-6,8-9H,7H2,1-4H3,(H,17,19). The number of carbonyl (C=O) groups excluding carboxylic acids is 2. The molecule has 1 N–H and O–H groups in total. The third kappa shape index (κ3) is 3.62. The zero-order valence-corrected chi connectivity index (χ0v) is 12.6. The molecule has 0 aliphatic heterocycles. The first kappa shape index (κ1) is 15.1. The smallest absolute Gasteiger partial charge is 0.412 e. The van der Waals surface area contributed by atoms with Gasteiger partial charge in [-0.2, -0.15) is 0 Å². The van der Waals surface area contributed by atoms with Crippen LogP contribution in [0, 0.1) is 0 Å². The quantitative estimate of drug-likeness (QED) is 0.850. The maximum atomic E-state index is 11.8. The van der Waals surface area contributed by atoms with Gasteiger partial charge in [-0.3, -0.25) is 5.32 Å². The maximum Gasteiger partial charge on any atom is 0.412 e. The van der Waals surface area contributed by atoms with Crippen LogP contribution in [-0.2, 0) is 15.9 Å². The number of fused-ring (bicyclic) bond motifs is 1. The summed E-state index contributed by atoms with van der Waals surface area (Å²) in [7, 11) is 1.34. The first-order valence-corrected chi connectivity index (χ1v) is 6.72. The molecule has 0 heterocycles. The molecule has 0 fully saturated rings. The second kappa shape index (κ2) is 5.60. The number of methoxy groups -OCH3 is 1. The molecule has 0 bridgehead atoms. The predicted molar refractivity (Wildman–Crippen MR) is 78.8 cm³/mol. The van der Waals surface area contributed by atoms with Gasteiger partial charge in [-0.1, -0.05) is 12.1 Å². The fourth-order valence-corrected chi connectivity index (χ4v) is 2.10. The molecule has 5 nitrogen and oxygen atoms in total. The average molecular weight is 289 g/mol. The number of carbonyl (C=O) groups is 2. The van der Waals surface area contributed by atoms with E-state index in [0.717, 1.165) is 11.1 Å². The molecule has 1 aliphatic rings. The van der Waals surface area contributed by atoms with Crippen LogP contribution in [0.15, 0.2) is 24.3 Å². The lowest BCUT2D eigenvalue weighted by molar-refractivity contribution is 0.0556. The normalized spacial score (nSPS) is 13.2. The highest BCUT2D eigenvalue weighted by Gasteiger charge is 2.21. The molecule has 21 heavy (non-hydrogen) atoms. The van der Waals surface area contributed by atoms with Crippen molar-refractivity contribution in [2.75, 3.05) is 7.11 Å². The Morgan fingerprint density at radius 2 is 1.95 bits per heavy atom. The molecule has 0 spiro atoms. The molecule has 1 aromatic carbocycles. The minimum atomic E-state index is -0.556. The second-order valence-corrected chi connectivity index (χ2v) is 5.81. The van der Waals surface area contributed by atoms with E-state index in [1.54, 1.807) is 32.9 Å². The summed E-state index contributed by atoms with van der Waals surface area (Å²) in [6.07, 6.45) is 2.10. The molecule has 112 valence electrons. The van der Waals surface area contributed by atoms with Crippen molar-refractivity contribution in [3.8, 4) is 0 Å². The van der Waals surface area contributed by atoms with Crippen LogP contribution >= 0.6 is 0 Å². The number of hydrogen-bond donors (Lipinski definition) is 1. The van der Waals surface area contributed by atoms with Crippen molar-refractivity contribution < 1.29 is 19.1 Å². The summed E-state index contributed by atoms with van der Waals surface area (Å²) in [5.74, 6) is -0.402. The zero-order valence-electron chi connectivity index (χ0n) is 12.6. The molecule has 5 heteroatoms. The molecule has 1 aliphatic carbocycles. The number of amides is 1. The first-order chi connectivity index (χ1) is 9.80. The summed E-state index contributed by atoms with van der Waals surface area (Å²) in [4.78, 5) is 23.4. The lowest BCUT2D eigenvalue weighted by atomic mass is 10.1. The predicted octanol–water partition coefficient (Wildman–Crippen LogP) is 2.89. The van der Waals surface area contributed by atoms with Gasteiger partial charge in [0, 0.05) is 11.3 Å². The van der Waals surface area contributed by atoms with E-state index in [-0.39, 0.29) is 0 Å². The van der Waals surface area contributed by atoms with E-state index in [0.29, 0.717) is 17.7 Å². The van der Waals surface area contributed by atoms with E-state index < -0.39 is 17.7 Å². The third-order valence-electron chi connectivity index (χ3n) is 2.98. The Kier molecular flexibility index (Phi) is 4.02. The van der Waals surface area contributed by atoms with Crippen molar-refractivity contribution in [3.05, 3.63) is 41.0 Å². The molecular weight excluding hydrogens is 270 g/mol. The fourth-order valence-electron chi connectivity index (χ4n) is 2.10. The summed E-state index contributed by atoms with van der Waals surface area (Å²) < 4.78 is 9.94. The molecular formula is C16H19NO4. The Labute approximate surface area is 123 Å². The summed E-state index contributed by atoms with van der Waals surface area (Å²) in [5.41, 5.74) is 2.43. The molecule has 0 aromatic heterocycles. The number of ether oxygens (including phenoxy) is 2. The highest BCUT2D eigenvalue weighted by Crippen LogP contribution is 2.27. The molecule has 0 radical (unpaired) electrons. The van der Waals surface area contributed by atoms with Crippen LogP contribution in [0.3, 0.4) is 0 Å². The van der Waals surface area contributed by atoms with E-state index in [4.69, 9.17) is 9.47 Å². The van der Waals surface area contributed by atoms with Gasteiger partial charge < -0.3 is 9.47 Å². The Balaban J connectivity index is 2.17. The Morgan fingerprint density at radius 3 is 2.57 bits per heavy atom. The van der Waals surface area contributed by atoms with Gasteiger partial charge in [0.15, 0.2) is 0 Å². The van der Waals surface area contributed by atoms with Gasteiger partial charge in [-0.25, -0.2) is 9.59 Å². The number of allylic oxidation sites excluding steroid dienone is 1. The first-order valence-electron chi connectivity index (χ1n) is 6.72. The number of alkyl carbamates (subject to hydrolysis) is 1. The number of benzene rings is 1. The van der Waals surface area contributed by atoms with Crippen LogP contribution in [0.25, 0.3) is 5.70 Å². The van der Waals surface area contributed by atoms with Crippen LogP contribution in [-0.4, -0.2) is 24.8 Å². The molecule has 0 saturated heterocycles. The molecule has 0 saturated carbocycles. The monoisotopic (exact) mass is 289 g/mol. The van der Waals surface area contributed by atoms with Crippen LogP contribution in [0.5, 0.6) is 0 Å². The molecule has 0 atom stereocenters. The molecule has 1 aromatic rings. The van der Waals surface area contributed by atoms with Gasteiger partial charge in [0.2, 0.25) is 0 Å². The van der Waals surface area contributed by atoms with E-state index in [2.05, 4.69) is 5.32 Å². The van der Waals surface area contributed by atoms with Gasteiger partial charge in [-0.05, 0) is 44.9 Å². The van der Waals surface area contributed by atoms with Crippen molar-refractivity contribution in [2.45, 2.75) is 32.8 Å². The van der Waals surface area contributed by atoms with Gasteiger partial charge in [0.05, 0.1) is 12.7 Å². The number of nitrogens with one attached hydrogen (secondary N) is 1. The minimum absolute atomic E-state index is 0.402. The van der Waals surface area contributed by atoms with Gasteiger partial charge in [-0.15, -0.1) is 0 Å². The van der Waals surface area contributed by atoms with Crippen LogP contribution in [0.2, 0.25) is 0 Å². The minimum Gasteiger partial charge on any atom is -0.465 e. The summed E-state index contributed by atoms with van der Waals surface area (Å²) in [5, 5.41) is 2.72. The topological polar surface area (TPSA) is 64.6 Å². The van der Waals surface area contributed by atoms with Crippen molar-refractivity contribution in [1.82, 2.24) is 5.32 Å². The lowest BCUT2D eigenvalue weighted by Crippen LogP contribution is -2.31. The van der Waals surface area contributed by atoms with E-state index in [1.165, 1.54) is 7.11 Å². The SMILES string of the molecule is COC(=O)c1ccc2c(c1)C(NC(=O)OC(C)(C)C)=CC2. The number of rotatable bonds is 2. The van der Waals surface area contributed by atoms with Gasteiger partial charge >= 0.3 is 12.1 Å². The van der Waals surface area contributed by atoms with E-state index >= 15 is 0 Å². The largest absolute Gasteiger partial charge is 0.465 e. The highest BCUT2D eigenvalue weighted by molar-refractivity contribution is 5.92. The lowest BCUT2D eigenvalue weighted by Gasteiger charge is -2.20. The van der Waals surface area contributed by atoms with Crippen molar-refractivity contribution in [1.29, 1.82) is 0 Å². The molecule has 1 amide bonds. The van der Waals surface area contributed by atoms with Crippen molar-refractivity contribution >= 4 is 17.8 Å². The molecule has 2 rings (SSSR count). The van der Waals surface area contributed by atoms with Crippen LogP contribution < -0.4 is 5.32 Å². The van der Waals surface area contributed by atoms with E-state index in [9.17, 15) is 9.59 Å². The van der Waals surface area contributed by atoms with Gasteiger partial charge in [0.25, 0.3) is 0 Å². The van der Waals surface area contributed by atoms with E-state index in [1.807, 2.05) is 12.1 Å². The Morgan fingerprint density at radius 1 is 1.24 bits per heavy atom. The van der Waals surface area contributed by atoms with Crippen LogP contribution in [0.4, 0.5) is 4.79 Å². The fraction of sp³-hybridized carbons (Fsp3) is 0.375. The van der Waals surface area contributed by atoms with Crippen molar-refractivity contribution in [3.63, 3.8) is 0 Å². The van der Waals surface area contributed by atoms with Gasteiger partial charge in [0.1, 0.15) is 5.60 Å². The number of esters is 1. The Hall–Kier alpha value is -2.30. The molecule has 0 unspecified atom stereocenters. The summed E-state index contributed by atoms with van der Waals surface area (Å²) >= 11 is 0. The average Bonchev–Trinajstić information content (AvgIpc) is 2.78. The van der Waals surface area contributed by atoms with Crippen LogP contribution in [0.1, 0.15) is 42.3 Å². The summed E-state index contributed by atoms with van der Waals surface area (Å²) in [6, 6.07) is 5.30. The summed E-state index contributed by atoms with van der Waals surface area (Å²) in [6.45, 7) is 5.41. The third-order valence-corrected chi connectivity index (χ3v) is 2.98. The Bertz CT molecular complexity index is 611. The van der Waals surface area contributed by atoms with Crippen molar-refractivity contribution in [2.24, 2.45) is 0 Å². The zero-order chi connectivity index (χ0) is 15.6.